The van der Waals surface area contributed by atoms with Crippen molar-refractivity contribution in [3.63, 3.8) is 0 Å². The van der Waals surface area contributed by atoms with Crippen molar-refractivity contribution in [2.75, 3.05) is 7.11 Å². The third-order valence-corrected chi connectivity index (χ3v) is 3.02. The van der Waals surface area contributed by atoms with E-state index in [1.165, 1.54) is 0 Å². The molecule has 3 nitrogen and oxygen atoms in total. The first-order chi connectivity index (χ1) is 6.19. The normalized spacial score (nSPS) is 10.4. The Labute approximate surface area is 90.7 Å². The van der Waals surface area contributed by atoms with Crippen LogP contribution in [0, 0.1) is 4.64 Å². The lowest BCUT2D eigenvalue weighted by molar-refractivity contribution is 0.180. The Morgan fingerprint density at radius 2 is 2.31 bits per heavy atom. The Morgan fingerprint density at radius 3 is 2.85 bits per heavy atom. The van der Waals surface area contributed by atoms with E-state index in [4.69, 9.17) is 17.0 Å². The second kappa shape index (κ2) is 4.83. The van der Waals surface area contributed by atoms with E-state index in [0.29, 0.717) is 11.2 Å². The number of rotatable bonds is 3. The first-order valence-corrected chi connectivity index (χ1v) is 5.15. The number of methoxy groups -OCH3 is 1. The molecule has 0 aromatic carbocycles. The summed E-state index contributed by atoms with van der Waals surface area (Å²) in [5.74, 6) is 0.889. The molecule has 13 heavy (non-hydrogen) atoms. The van der Waals surface area contributed by atoms with Gasteiger partial charge >= 0.3 is 0 Å². The summed E-state index contributed by atoms with van der Waals surface area (Å²) in [6.45, 7) is 2.54. The van der Waals surface area contributed by atoms with Crippen molar-refractivity contribution in [3.8, 4) is 0 Å². The summed E-state index contributed by atoms with van der Waals surface area (Å²) in [6.07, 6.45) is 0.841. The molecule has 1 aromatic heterocycles. The maximum atomic E-state index is 5.08. The highest BCUT2D eigenvalue weighted by atomic mass is 79.9. The summed E-state index contributed by atoms with van der Waals surface area (Å²) >= 11 is 8.44. The van der Waals surface area contributed by atoms with E-state index in [1.807, 2.05) is 6.92 Å². The highest BCUT2D eigenvalue weighted by molar-refractivity contribution is 9.10. The smallest absolute Gasteiger partial charge is 0.144 e. The SMILES string of the molecule is CCc1nc(=S)c(Br)c(COC)[nH]1. The van der Waals surface area contributed by atoms with E-state index in [-0.39, 0.29) is 0 Å². The van der Waals surface area contributed by atoms with Crippen molar-refractivity contribution < 1.29 is 4.74 Å². The quantitative estimate of drug-likeness (QED) is 0.852. The van der Waals surface area contributed by atoms with Gasteiger partial charge in [0.1, 0.15) is 10.5 Å². The first kappa shape index (κ1) is 10.8. The van der Waals surface area contributed by atoms with Crippen LogP contribution in [-0.2, 0) is 17.8 Å². The number of H-pyrrole nitrogens is 1. The van der Waals surface area contributed by atoms with Crippen LogP contribution in [0.3, 0.4) is 0 Å². The van der Waals surface area contributed by atoms with E-state index >= 15 is 0 Å². The van der Waals surface area contributed by atoms with Crippen molar-refractivity contribution in [2.24, 2.45) is 0 Å². The molecular weight excluding hydrogens is 252 g/mol. The summed E-state index contributed by atoms with van der Waals surface area (Å²) in [4.78, 5) is 7.35. The van der Waals surface area contributed by atoms with Gasteiger partial charge in [-0.05, 0) is 15.9 Å². The third kappa shape index (κ3) is 2.59. The molecule has 0 aliphatic carbocycles. The fourth-order valence-corrected chi connectivity index (χ4v) is 1.50. The fourth-order valence-electron chi connectivity index (χ4n) is 0.969. The predicted octanol–water partition coefficient (Wildman–Crippen LogP) is 2.61. The van der Waals surface area contributed by atoms with Gasteiger partial charge in [0.15, 0.2) is 0 Å². The Hall–Kier alpha value is -0.260. The van der Waals surface area contributed by atoms with Crippen LogP contribution in [0.2, 0.25) is 0 Å². The minimum Gasteiger partial charge on any atom is -0.378 e. The maximum Gasteiger partial charge on any atom is 0.144 e. The summed E-state index contributed by atoms with van der Waals surface area (Å²) in [5.41, 5.74) is 0.944. The van der Waals surface area contributed by atoms with Crippen LogP contribution in [0.1, 0.15) is 18.4 Å². The zero-order valence-corrected chi connectivity index (χ0v) is 9.96. The van der Waals surface area contributed by atoms with Gasteiger partial charge in [-0.1, -0.05) is 19.1 Å². The molecule has 0 bridgehead atoms. The number of nitrogens with zero attached hydrogens (tertiary/aromatic N) is 1. The van der Waals surface area contributed by atoms with Crippen LogP contribution < -0.4 is 0 Å². The maximum absolute atomic E-state index is 5.08. The second-order valence-electron chi connectivity index (χ2n) is 2.57. The lowest BCUT2D eigenvalue weighted by Crippen LogP contribution is -2.01. The number of aromatic nitrogens is 2. The molecule has 1 N–H and O–H groups in total. The Balaban J connectivity index is 3.17. The van der Waals surface area contributed by atoms with Gasteiger partial charge in [-0.25, -0.2) is 4.98 Å². The van der Waals surface area contributed by atoms with Crippen molar-refractivity contribution in [1.82, 2.24) is 9.97 Å². The molecule has 0 fully saturated rings. The molecular formula is C8H11BrN2OS. The number of halogens is 1. The van der Waals surface area contributed by atoms with Crippen molar-refractivity contribution in [3.05, 3.63) is 20.6 Å². The molecule has 0 aliphatic heterocycles. The minimum atomic E-state index is 0.514. The molecule has 0 radical (unpaired) electrons. The zero-order valence-electron chi connectivity index (χ0n) is 7.56. The molecule has 1 rings (SSSR count). The van der Waals surface area contributed by atoms with Gasteiger partial charge in [-0.3, -0.25) is 0 Å². The molecule has 1 heterocycles. The lowest BCUT2D eigenvalue weighted by Gasteiger charge is -2.05. The topological polar surface area (TPSA) is 37.9 Å². The molecule has 72 valence electrons. The Kier molecular flexibility index (Phi) is 4.02. The number of hydrogen-bond donors (Lipinski definition) is 1. The molecule has 1 aromatic rings. The van der Waals surface area contributed by atoms with Gasteiger partial charge in [0, 0.05) is 13.5 Å². The summed E-state index contributed by atoms with van der Waals surface area (Å²) in [7, 11) is 1.65. The molecule has 5 heteroatoms. The molecule has 0 atom stereocenters. The van der Waals surface area contributed by atoms with Gasteiger partial charge in [0.25, 0.3) is 0 Å². The van der Waals surface area contributed by atoms with E-state index in [9.17, 15) is 0 Å². The number of aromatic amines is 1. The van der Waals surface area contributed by atoms with Crippen LogP contribution in [0.4, 0.5) is 0 Å². The van der Waals surface area contributed by atoms with Crippen LogP contribution in [0.5, 0.6) is 0 Å². The van der Waals surface area contributed by atoms with Crippen molar-refractivity contribution in [1.29, 1.82) is 0 Å². The van der Waals surface area contributed by atoms with E-state index in [0.717, 1.165) is 22.4 Å². The average molecular weight is 263 g/mol. The highest BCUT2D eigenvalue weighted by Crippen LogP contribution is 2.16. The number of ether oxygens (including phenoxy) is 1. The number of hydrogen-bond acceptors (Lipinski definition) is 3. The highest BCUT2D eigenvalue weighted by Gasteiger charge is 2.04. The first-order valence-electron chi connectivity index (χ1n) is 3.95. The molecule has 0 saturated heterocycles. The Bertz CT molecular complexity index is 350. The van der Waals surface area contributed by atoms with Gasteiger partial charge in [-0.2, -0.15) is 0 Å². The minimum absolute atomic E-state index is 0.514. The molecule has 0 spiro atoms. The van der Waals surface area contributed by atoms with Gasteiger partial charge in [-0.15, -0.1) is 0 Å². The summed E-state index contributed by atoms with van der Waals surface area (Å²) in [6, 6.07) is 0. The fraction of sp³-hybridized carbons (Fsp3) is 0.500. The standard InChI is InChI=1S/C8H11BrN2OS/c1-3-6-10-5(4-12-2)7(9)8(13)11-6/h3-4H2,1-2H3,(H,10,11,13). The number of aryl methyl sites for hydroxylation is 1. The van der Waals surface area contributed by atoms with Gasteiger partial charge in [0.2, 0.25) is 0 Å². The third-order valence-electron chi connectivity index (χ3n) is 1.61. The van der Waals surface area contributed by atoms with E-state index < -0.39 is 0 Å². The monoisotopic (exact) mass is 262 g/mol. The van der Waals surface area contributed by atoms with Crippen molar-refractivity contribution in [2.45, 2.75) is 20.0 Å². The van der Waals surface area contributed by atoms with Gasteiger partial charge in [0.05, 0.1) is 16.8 Å². The molecule has 0 saturated carbocycles. The average Bonchev–Trinajstić information content (AvgIpc) is 2.13. The molecule has 0 aliphatic rings. The summed E-state index contributed by atoms with van der Waals surface area (Å²) < 4.78 is 6.43. The largest absolute Gasteiger partial charge is 0.378 e. The Morgan fingerprint density at radius 1 is 1.62 bits per heavy atom. The van der Waals surface area contributed by atoms with E-state index in [2.05, 4.69) is 25.9 Å². The van der Waals surface area contributed by atoms with Crippen molar-refractivity contribution >= 4 is 28.1 Å². The summed E-state index contributed by atoms with van der Waals surface area (Å²) in [5, 5.41) is 0. The van der Waals surface area contributed by atoms with Crippen LogP contribution in [0.15, 0.2) is 4.47 Å². The molecule has 0 amide bonds. The number of nitrogens with one attached hydrogen (secondary N) is 1. The zero-order chi connectivity index (χ0) is 9.84. The predicted molar refractivity (Wildman–Crippen MR) is 57.2 cm³/mol. The van der Waals surface area contributed by atoms with Crippen LogP contribution in [-0.4, -0.2) is 17.1 Å². The van der Waals surface area contributed by atoms with Crippen LogP contribution in [0.25, 0.3) is 0 Å². The van der Waals surface area contributed by atoms with Crippen LogP contribution >= 0.6 is 28.1 Å². The van der Waals surface area contributed by atoms with Gasteiger partial charge < -0.3 is 9.72 Å². The lowest BCUT2D eigenvalue weighted by atomic mass is 10.4. The van der Waals surface area contributed by atoms with E-state index in [1.54, 1.807) is 7.11 Å². The second-order valence-corrected chi connectivity index (χ2v) is 3.75. The molecule has 0 unspecified atom stereocenters.